The van der Waals surface area contributed by atoms with Crippen LogP contribution in [0.5, 0.6) is 5.75 Å². The maximum atomic E-state index is 13.1. The lowest BCUT2D eigenvalue weighted by molar-refractivity contribution is -0.155. The van der Waals surface area contributed by atoms with Crippen molar-refractivity contribution in [3.8, 4) is 5.75 Å². The zero-order valence-corrected chi connectivity index (χ0v) is 18.4. The van der Waals surface area contributed by atoms with E-state index in [1.807, 2.05) is 30.3 Å². The molecule has 0 saturated heterocycles. The second-order valence-electron chi connectivity index (χ2n) is 6.54. The molecule has 31 heavy (non-hydrogen) atoms. The number of esters is 2. The summed E-state index contributed by atoms with van der Waals surface area (Å²) in [6, 6.07) is 13.9. The van der Waals surface area contributed by atoms with E-state index in [0.717, 1.165) is 31.5 Å². The molecule has 2 aromatic carbocycles. The maximum absolute atomic E-state index is 13.1. The first-order valence-electron chi connectivity index (χ1n) is 9.18. The number of ketones is 1. The Kier molecular flexibility index (Phi) is 8.63. The van der Waals surface area contributed by atoms with Gasteiger partial charge >= 0.3 is 11.9 Å². The van der Waals surface area contributed by atoms with Gasteiger partial charge in [0.15, 0.2) is 5.78 Å². The summed E-state index contributed by atoms with van der Waals surface area (Å²) in [5.74, 6) is -4.43. The SMILES string of the molecule is COC(=O)C(C(=O)OC)C(=O)c1cc(OCc2ccccc2)ccc1SC(=O)N(C)C. The third kappa shape index (κ3) is 6.32. The van der Waals surface area contributed by atoms with Crippen molar-refractivity contribution >= 4 is 34.7 Å². The molecule has 164 valence electrons. The summed E-state index contributed by atoms with van der Waals surface area (Å²) in [5, 5.41) is -0.334. The molecule has 0 heterocycles. The van der Waals surface area contributed by atoms with Crippen molar-refractivity contribution in [1.29, 1.82) is 0 Å². The fourth-order valence-corrected chi connectivity index (χ4v) is 3.28. The lowest BCUT2D eigenvalue weighted by atomic mass is 9.97. The molecule has 0 radical (unpaired) electrons. The summed E-state index contributed by atoms with van der Waals surface area (Å²) in [7, 11) is 5.27. The highest BCUT2D eigenvalue weighted by Crippen LogP contribution is 2.31. The van der Waals surface area contributed by atoms with Gasteiger partial charge in [0.2, 0.25) is 5.92 Å². The Labute approximate surface area is 184 Å². The predicted octanol–water partition coefficient (Wildman–Crippen LogP) is 3.18. The molecule has 0 bridgehead atoms. The van der Waals surface area contributed by atoms with E-state index in [9.17, 15) is 19.2 Å². The second-order valence-corrected chi connectivity index (χ2v) is 7.53. The number of benzene rings is 2. The summed E-state index contributed by atoms with van der Waals surface area (Å²) >= 11 is 0.792. The minimum atomic E-state index is -1.81. The number of hydrogen-bond acceptors (Lipinski definition) is 8. The molecular weight excluding hydrogens is 422 g/mol. The van der Waals surface area contributed by atoms with E-state index in [2.05, 4.69) is 9.47 Å². The molecule has 9 heteroatoms. The lowest BCUT2D eigenvalue weighted by Gasteiger charge is -2.16. The molecule has 0 aromatic heterocycles. The third-order valence-corrected chi connectivity index (χ3v) is 5.28. The number of ether oxygens (including phenoxy) is 3. The molecule has 0 unspecified atom stereocenters. The van der Waals surface area contributed by atoms with Crippen LogP contribution in [0.2, 0.25) is 0 Å². The molecule has 2 aromatic rings. The minimum absolute atomic E-state index is 0.0217. The van der Waals surface area contributed by atoms with Gasteiger partial charge < -0.3 is 19.1 Å². The van der Waals surface area contributed by atoms with E-state index in [4.69, 9.17) is 4.74 Å². The quantitative estimate of drug-likeness (QED) is 0.264. The van der Waals surface area contributed by atoms with Crippen LogP contribution in [0.15, 0.2) is 53.4 Å². The number of Topliss-reactive ketones (excluding diaryl/α,β-unsaturated/α-hetero) is 1. The Bertz CT molecular complexity index is 944. The molecule has 0 atom stereocenters. The first kappa shape index (κ1) is 23.9. The molecule has 0 aliphatic carbocycles. The number of rotatable bonds is 8. The van der Waals surface area contributed by atoms with E-state index in [-0.39, 0.29) is 22.3 Å². The van der Waals surface area contributed by atoms with Gasteiger partial charge in [0.25, 0.3) is 5.24 Å². The highest BCUT2D eigenvalue weighted by Gasteiger charge is 2.38. The van der Waals surface area contributed by atoms with Crippen molar-refractivity contribution in [3.63, 3.8) is 0 Å². The van der Waals surface area contributed by atoms with Crippen molar-refractivity contribution in [2.75, 3.05) is 28.3 Å². The van der Waals surface area contributed by atoms with Crippen LogP contribution in [-0.2, 0) is 25.7 Å². The summed E-state index contributed by atoms with van der Waals surface area (Å²) in [6.07, 6.45) is 0. The first-order valence-corrected chi connectivity index (χ1v) is 10.00. The van der Waals surface area contributed by atoms with Gasteiger partial charge in [-0.05, 0) is 35.5 Å². The zero-order chi connectivity index (χ0) is 23.0. The van der Waals surface area contributed by atoms with Gasteiger partial charge in [-0.1, -0.05) is 30.3 Å². The number of hydrogen-bond donors (Lipinski definition) is 0. The molecule has 1 amide bonds. The van der Waals surface area contributed by atoms with Crippen LogP contribution in [0.4, 0.5) is 4.79 Å². The van der Waals surface area contributed by atoms with Gasteiger partial charge in [0.1, 0.15) is 12.4 Å². The Hall–Kier alpha value is -3.33. The third-order valence-electron chi connectivity index (χ3n) is 4.16. The average Bonchev–Trinajstić information content (AvgIpc) is 2.78. The summed E-state index contributed by atoms with van der Waals surface area (Å²) in [6.45, 7) is 0.245. The minimum Gasteiger partial charge on any atom is -0.489 e. The van der Waals surface area contributed by atoms with Crippen molar-refractivity contribution < 1.29 is 33.4 Å². The molecule has 0 aliphatic rings. The van der Waals surface area contributed by atoms with Gasteiger partial charge in [-0.25, -0.2) is 0 Å². The normalized spacial score (nSPS) is 10.4. The number of thioether (sulfide) groups is 1. The molecular formula is C22H23NO7S. The van der Waals surface area contributed by atoms with Crippen LogP contribution >= 0.6 is 11.8 Å². The summed E-state index contributed by atoms with van der Waals surface area (Å²) in [5.41, 5.74) is 0.894. The largest absolute Gasteiger partial charge is 0.489 e. The highest BCUT2D eigenvalue weighted by atomic mass is 32.2. The van der Waals surface area contributed by atoms with Gasteiger partial charge in [-0.3, -0.25) is 19.2 Å². The fraction of sp³-hybridized carbons (Fsp3) is 0.273. The second kappa shape index (κ2) is 11.2. The van der Waals surface area contributed by atoms with E-state index in [1.54, 1.807) is 20.2 Å². The molecule has 0 fully saturated rings. The monoisotopic (exact) mass is 445 g/mol. The Balaban J connectivity index is 2.42. The van der Waals surface area contributed by atoms with Gasteiger partial charge in [0.05, 0.1) is 14.2 Å². The van der Waals surface area contributed by atoms with E-state index in [0.29, 0.717) is 5.75 Å². The predicted molar refractivity (Wildman–Crippen MR) is 114 cm³/mol. The molecule has 0 aliphatic heterocycles. The topological polar surface area (TPSA) is 99.2 Å². The van der Waals surface area contributed by atoms with Crippen molar-refractivity contribution in [3.05, 3.63) is 59.7 Å². The van der Waals surface area contributed by atoms with Crippen molar-refractivity contribution in [2.45, 2.75) is 11.5 Å². The van der Waals surface area contributed by atoms with E-state index >= 15 is 0 Å². The van der Waals surface area contributed by atoms with Gasteiger partial charge in [0, 0.05) is 24.6 Å². The number of carbonyl (C=O) groups excluding carboxylic acids is 4. The average molecular weight is 445 g/mol. The van der Waals surface area contributed by atoms with Crippen molar-refractivity contribution in [2.24, 2.45) is 5.92 Å². The maximum Gasteiger partial charge on any atom is 0.328 e. The Morgan fingerprint density at radius 1 is 0.935 bits per heavy atom. The fourth-order valence-electron chi connectivity index (χ4n) is 2.51. The summed E-state index contributed by atoms with van der Waals surface area (Å²) < 4.78 is 15.0. The Morgan fingerprint density at radius 2 is 1.55 bits per heavy atom. The first-order chi connectivity index (χ1) is 14.8. The van der Waals surface area contributed by atoms with Crippen LogP contribution < -0.4 is 4.74 Å². The van der Waals surface area contributed by atoms with Crippen LogP contribution in [-0.4, -0.2) is 56.2 Å². The number of nitrogens with zero attached hydrogens (tertiary/aromatic N) is 1. The number of amides is 1. The van der Waals surface area contributed by atoms with Gasteiger partial charge in [-0.2, -0.15) is 0 Å². The van der Waals surface area contributed by atoms with Gasteiger partial charge in [-0.15, -0.1) is 0 Å². The van der Waals surface area contributed by atoms with Crippen LogP contribution in [0, 0.1) is 5.92 Å². The molecule has 8 nitrogen and oxygen atoms in total. The van der Waals surface area contributed by atoms with Crippen LogP contribution in [0.3, 0.4) is 0 Å². The molecule has 0 N–H and O–H groups in total. The van der Waals surface area contributed by atoms with Crippen LogP contribution in [0.1, 0.15) is 15.9 Å². The number of methoxy groups -OCH3 is 2. The van der Waals surface area contributed by atoms with Crippen LogP contribution in [0.25, 0.3) is 0 Å². The molecule has 2 rings (SSSR count). The van der Waals surface area contributed by atoms with E-state index in [1.165, 1.54) is 17.0 Å². The molecule has 0 saturated carbocycles. The Morgan fingerprint density at radius 3 is 2.10 bits per heavy atom. The standard InChI is InChI=1S/C22H23NO7S/c1-23(2)22(27)31-17-11-10-15(30-13-14-8-6-5-7-9-14)12-16(17)19(24)18(20(25)28-3)21(26)29-4/h5-12,18H,13H2,1-4H3. The summed E-state index contributed by atoms with van der Waals surface area (Å²) in [4.78, 5) is 51.2. The highest BCUT2D eigenvalue weighted by molar-refractivity contribution is 8.13. The lowest BCUT2D eigenvalue weighted by Crippen LogP contribution is -2.34. The smallest absolute Gasteiger partial charge is 0.328 e. The molecule has 0 spiro atoms. The zero-order valence-electron chi connectivity index (χ0n) is 17.6. The van der Waals surface area contributed by atoms with E-state index < -0.39 is 23.6 Å². The number of carbonyl (C=O) groups is 4. The van der Waals surface area contributed by atoms with Crippen molar-refractivity contribution in [1.82, 2.24) is 4.90 Å².